The van der Waals surface area contributed by atoms with Crippen molar-refractivity contribution in [3.63, 3.8) is 0 Å². The van der Waals surface area contributed by atoms with Crippen LogP contribution in [0.3, 0.4) is 0 Å². The van der Waals surface area contributed by atoms with Crippen LogP contribution in [0.1, 0.15) is 44.8 Å². The topological polar surface area (TPSA) is 64.6 Å². The molecule has 0 fully saturated rings. The molecule has 0 aromatic heterocycles. The zero-order valence-electron chi connectivity index (χ0n) is 17.3. The summed E-state index contributed by atoms with van der Waals surface area (Å²) >= 11 is 6.07. The molecule has 1 atom stereocenters. The fourth-order valence-electron chi connectivity index (χ4n) is 3.04. The van der Waals surface area contributed by atoms with Crippen molar-refractivity contribution >= 4 is 23.5 Å². The van der Waals surface area contributed by atoms with E-state index in [1.807, 2.05) is 0 Å². The van der Waals surface area contributed by atoms with Crippen LogP contribution >= 0.6 is 11.6 Å². The van der Waals surface area contributed by atoms with Crippen molar-refractivity contribution in [3.05, 3.63) is 99.6 Å². The van der Waals surface area contributed by atoms with Gasteiger partial charge < -0.3 is 14.8 Å². The van der Waals surface area contributed by atoms with E-state index in [9.17, 15) is 18.4 Å². The van der Waals surface area contributed by atoms with Crippen LogP contribution in [0.25, 0.3) is 0 Å². The molecule has 1 N–H and O–H groups in total. The number of carbonyl (C=O) groups is 2. The van der Waals surface area contributed by atoms with Crippen molar-refractivity contribution in [1.82, 2.24) is 5.32 Å². The second-order valence-corrected chi connectivity index (χ2v) is 7.41. The molecule has 0 radical (unpaired) electrons. The summed E-state index contributed by atoms with van der Waals surface area (Å²) in [5, 5.41) is 3.19. The van der Waals surface area contributed by atoms with Gasteiger partial charge in [-0.25, -0.2) is 13.6 Å². The van der Waals surface area contributed by atoms with E-state index >= 15 is 0 Å². The first-order chi connectivity index (χ1) is 15.3. The summed E-state index contributed by atoms with van der Waals surface area (Å²) in [5.74, 6) is -2.61. The molecule has 0 heterocycles. The quantitative estimate of drug-likeness (QED) is 0.475. The van der Waals surface area contributed by atoms with E-state index in [2.05, 4.69) is 5.32 Å². The second-order valence-electron chi connectivity index (χ2n) is 6.98. The lowest BCUT2D eigenvalue weighted by Crippen LogP contribution is -2.28. The Bertz CT molecular complexity index is 1150. The van der Waals surface area contributed by atoms with Gasteiger partial charge in [-0.3, -0.25) is 4.79 Å². The molecule has 0 spiro atoms. The summed E-state index contributed by atoms with van der Waals surface area (Å²) in [6.45, 7) is 1.64. The molecule has 0 saturated heterocycles. The molecule has 32 heavy (non-hydrogen) atoms. The minimum atomic E-state index is -0.843. The van der Waals surface area contributed by atoms with Crippen LogP contribution in [0.15, 0.2) is 60.7 Å². The number of hydrogen-bond donors (Lipinski definition) is 1. The van der Waals surface area contributed by atoms with Gasteiger partial charge in [0.1, 0.15) is 12.4 Å². The predicted octanol–water partition coefficient (Wildman–Crippen LogP) is 5.47. The predicted molar refractivity (Wildman–Crippen MR) is 116 cm³/mol. The van der Waals surface area contributed by atoms with E-state index in [4.69, 9.17) is 21.1 Å². The van der Waals surface area contributed by atoms with Crippen LogP contribution in [-0.4, -0.2) is 19.0 Å². The van der Waals surface area contributed by atoms with Gasteiger partial charge in [0.15, 0.2) is 11.6 Å². The van der Waals surface area contributed by atoms with Crippen molar-refractivity contribution in [2.45, 2.75) is 19.6 Å². The maximum atomic E-state index is 13.9. The number of halogens is 3. The average molecular weight is 460 g/mol. The molecule has 0 unspecified atom stereocenters. The Kier molecular flexibility index (Phi) is 7.43. The van der Waals surface area contributed by atoms with Crippen LogP contribution in [0.2, 0.25) is 5.02 Å². The van der Waals surface area contributed by atoms with Crippen LogP contribution in [0.4, 0.5) is 8.78 Å². The first-order valence-electron chi connectivity index (χ1n) is 9.64. The van der Waals surface area contributed by atoms with E-state index in [0.29, 0.717) is 21.7 Å². The molecule has 5 nitrogen and oxygen atoms in total. The van der Waals surface area contributed by atoms with E-state index in [0.717, 1.165) is 12.1 Å². The van der Waals surface area contributed by atoms with Gasteiger partial charge in [-0.1, -0.05) is 29.8 Å². The van der Waals surface area contributed by atoms with Gasteiger partial charge in [0, 0.05) is 22.2 Å². The molecule has 3 rings (SSSR count). The third kappa shape index (κ3) is 5.62. The summed E-state index contributed by atoms with van der Waals surface area (Å²) < 4.78 is 37.1. The van der Waals surface area contributed by atoms with Gasteiger partial charge in [0.25, 0.3) is 5.91 Å². The summed E-state index contributed by atoms with van der Waals surface area (Å²) in [6, 6.07) is 13.9. The molecular weight excluding hydrogens is 440 g/mol. The molecule has 0 aliphatic rings. The minimum absolute atomic E-state index is 0.130. The zero-order valence-corrected chi connectivity index (χ0v) is 18.1. The molecular formula is C24H20ClF2NO4. The van der Waals surface area contributed by atoms with Crippen LogP contribution in [-0.2, 0) is 11.3 Å². The largest absolute Gasteiger partial charge is 0.486 e. The zero-order chi connectivity index (χ0) is 23.3. The highest BCUT2D eigenvalue weighted by Crippen LogP contribution is 2.23. The number of benzene rings is 3. The third-order valence-corrected chi connectivity index (χ3v) is 4.98. The highest BCUT2D eigenvalue weighted by Gasteiger charge is 2.18. The standard InChI is InChI=1S/C24H20ClF2NO4/c1-14(15-4-3-5-16(10-15)24(30)31-2)28-23(29)20-11-18(25)7-6-17(20)13-32-22-9-8-19(26)12-21(22)27/h3-12,14H,13H2,1-2H3,(H,28,29)/t14-/m0/s1. The first kappa shape index (κ1) is 23.2. The Hall–Kier alpha value is -3.45. The summed E-state index contributed by atoms with van der Waals surface area (Å²) in [5.41, 5.74) is 1.78. The summed E-state index contributed by atoms with van der Waals surface area (Å²) in [7, 11) is 1.29. The number of nitrogens with one attached hydrogen (secondary N) is 1. The molecule has 3 aromatic carbocycles. The van der Waals surface area contributed by atoms with Crippen molar-refractivity contribution in [2.75, 3.05) is 7.11 Å². The average Bonchev–Trinajstić information content (AvgIpc) is 2.78. The fourth-order valence-corrected chi connectivity index (χ4v) is 3.22. The number of methoxy groups -OCH3 is 1. The number of hydrogen-bond acceptors (Lipinski definition) is 4. The lowest BCUT2D eigenvalue weighted by atomic mass is 10.0. The first-order valence-corrected chi connectivity index (χ1v) is 10.0. The van der Waals surface area contributed by atoms with Crippen molar-refractivity contribution < 1.29 is 27.8 Å². The lowest BCUT2D eigenvalue weighted by Gasteiger charge is -2.17. The highest BCUT2D eigenvalue weighted by atomic mass is 35.5. The smallest absolute Gasteiger partial charge is 0.337 e. The van der Waals surface area contributed by atoms with Crippen molar-refractivity contribution in [3.8, 4) is 5.75 Å². The Labute approximate surface area is 188 Å². The molecule has 3 aromatic rings. The van der Waals surface area contributed by atoms with E-state index < -0.39 is 29.6 Å². The van der Waals surface area contributed by atoms with Crippen LogP contribution < -0.4 is 10.1 Å². The minimum Gasteiger partial charge on any atom is -0.486 e. The van der Waals surface area contributed by atoms with Gasteiger partial charge >= 0.3 is 5.97 Å². The van der Waals surface area contributed by atoms with Crippen LogP contribution in [0, 0.1) is 11.6 Å². The number of esters is 1. The molecule has 1 amide bonds. The van der Waals surface area contributed by atoms with Gasteiger partial charge in [-0.05, 0) is 48.9 Å². The Morgan fingerprint density at radius 2 is 1.84 bits per heavy atom. The number of amides is 1. The van der Waals surface area contributed by atoms with E-state index in [-0.39, 0.29) is 17.9 Å². The van der Waals surface area contributed by atoms with Crippen molar-refractivity contribution in [2.24, 2.45) is 0 Å². The SMILES string of the molecule is COC(=O)c1cccc([C@H](C)NC(=O)c2cc(Cl)ccc2COc2ccc(F)cc2F)c1. The lowest BCUT2D eigenvalue weighted by molar-refractivity contribution is 0.0600. The Balaban J connectivity index is 1.77. The molecule has 8 heteroatoms. The highest BCUT2D eigenvalue weighted by molar-refractivity contribution is 6.31. The summed E-state index contributed by atoms with van der Waals surface area (Å²) in [4.78, 5) is 24.7. The number of ether oxygens (including phenoxy) is 2. The maximum Gasteiger partial charge on any atom is 0.337 e. The monoisotopic (exact) mass is 459 g/mol. The normalized spacial score (nSPS) is 11.5. The van der Waals surface area contributed by atoms with Crippen LogP contribution in [0.5, 0.6) is 5.75 Å². The van der Waals surface area contributed by atoms with Gasteiger partial charge in [0.05, 0.1) is 18.7 Å². The van der Waals surface area contributed by atoms with Crippen molar-refractivity contribution in [1.29, 1.82) is 0 Å². The molecule has 0 bridgehead atoms. The van der Waals surface area contributed by atoms with Gasteiger partial charge in [0.2, 0.25) is 0 Å². The van der Waals surface area contributed by atoms with Gasteiger partial charge in [-0.2, -0.15) is 0 Å². The van der Waals surface area contributed by atoms with Gasteiger partial charge in [-0.15, -0.1) is 0 Å². The molecule has 0 aliphatic carbocycles. The molecule has 0 saturated carbocycles. The van der Waals surface area contributed by atoms with E-state index in [1.165, 1.54) is 19.2 Å². The second kappa shape index (κ2) is 10.2. The molecule has 166 valence electrons. The fraction of sp³-hybridized carbons (Fsp3) is 0.167. The molecule has 0 aliphatic heterocycles. The Morgan fingerprint density at radius 1 is 1.06 bits per heavy atom. The number of carbonyl (C=O) groups excluding carboxylic acids is 2. The number of rotatable bonds is 7. The maximum absolute atomic E-state index is 13.9. The van der Waals surface area contributed by atoms with E-state index in [1.54, 1.807) is 43.3 Å². The summed E-state index contributed by atoms with van der Waals surface area (Å²) in [6.07, 6.45) is 0. The Morgan fingerprint density at radius 3 is 2.56 bits per heavy atom. The third-order valence-electron chi connectivity index (χ3n) is 4.75.